The lowest BCUT2D eigenvalue weighted by molar-refractivity contribution is -0.119. The summed E-state index contributed by atoms with van der Waals surface area (Å²) in [5.41, 5.74) is 3.42. The highest BCUT2D eigenvalue weighted by Gasteiger charge is 2.45. The van der Waals surface area contributed by atoms with Crippen LogP contribution in [0.1, 0.15) is 31.0 Å². The lowest BCUT2D eigenvalue weighted by atomic mass is 9.89. The molecule has 5 nitrogen and oxygen atoms in total. The van der Waals surface area contributed by atoms with Crippen molar-refractivity contribution in [3.8, 4) is 10.4 Å². The maximum Gasteiger partial charge on any atom is 0.294 e. The largest absolute Gasteiger partial charge is 0.503 e. The van der Waals surface area contributed by atoms with Gasteiger partial charge in [-0.05, 0) is 40.3 Å². The number of methoxy groups -OCH3 is 1. The lowest BCUT2D eigenvalue weighted by Gasteiger charge is -2.29. The van der Waals surface area contributed by atoms with Gasteiger partial charge in [-0.2, -0.15) is 0 Å². The van der Waals surface area contributed by atoms with Crippen LogP contribution in [0.5, 0.6) is 0 Å². The summed E-state index contributed by atoms with van der Waals surface area (Å²) >= 11 is 1.64. The second-order valence-electron chi connectivity index (χ2n) is 8.01. The third kappa shape index (κ3) is 3.87. The van der Waals surface area contributed by atoms with Gasteiger partial charge in [0.25, 0.3) is 5.91 Å². The normalized spacial score (nSPS) is 16.3. The number of hydrogen-bond donors (Lipinski definition) is 1. The number of Topliss-reactive ketones (excluding diaryl/α,β-unsaturated/α-hetero) is 1. The first-order valence-corrected chi connectivity index (χ1v) is 11.3. The Labute approximate surface area is 191 Å². The van der Waals surface area contributed by atoms with Gasteiger partial charge in [0, 0.05) is 23.6 Å². The van der Waals surface area contributed by atoms with E-state index in [-0.39, 0.29) is 17.3 Å². The van der Waals surface area contributed by atoms with Gasteiger partial charge in [-0.3, -0.25) is 14.5 Å². The molecule has 0 aliphatic carbocycles. The summed E-state index contributed by atoms with van der Waals surface area (Å²) < 4.78 is 5.36. The molecule has 32 heavy (non-hydrogen) atoms. The highest BCUT2D eigenvalue weighted by atomic mass is 32.1. The number of hydrogen-bond acceptors (Lipinski definition) is 5. The molecular weight excluding hydrogens is 422 g/mol. The number of aliphatic hydroxyl groups is 1. The summed E-state index contributed by atoms with van der Waals surface area (Å²) in [4.78, 5) is 29.0. The van der Waals surface area contributed by atoms with Crippen molar-refractivity contribution in [3.05, 3.63) is 88.5 Å². The first-order chi connectivity index (χ1) is 15.4. The average molecular weight is 448 g/mol. The van der Waals surface area contributed by atoms with E-state index in [0.717, 1.165) is 21.6 Å². The Kier molecular flexibility index (Phi) is 6.26. The van der Waals surface area contributed by atoms with Crippen LogP contribution >= 0.6 is 11.3 Å². The fourth-order valence-corrected chi connectivity index (χ4v) is 4.78. The Morgan fingerprint density at radius 1 is 1.09 bits per heavy atom. The SMILES string of the molecule is COCc1ccccc1C1C(C(=O)C(C)C)=C(O)C(=O)N1c1ccc(-c2cccs2)cc1. The summed E-state index contributed by atoms with van der Waals surface area (Å²) in [5, 5.41) is 12.8. The zero-order valence-corrected chi connectivity index (χ0v) is 19.1. The van der Waals surface area contributed by atoms with Crippen LogP contribution in [-0.2, 0) is 20.9 Å². The van der Waals surface area contributed by atoms with E-state index in [4.69, 9.17) is 4.74 Å². The van der Waals surface area contributed by atoms with Gasteiger partial charge >= 0.3 is 0 Å². The number of rotatable bonds is 7. The summed E-state index contributed by atoms with van der Waals surface area (Å²) in [5.74, 6) is -1.66. The molecule has 0 fully saturated rings. The number of ether oxygens (including phenoxy) is 1. The molecule has 0 bridgehead atoms. The maximum atomic E-state index is 13.2. The second-order valence-corrected chi connectivity index (χ2v) is 8.96. The van der Waals surface area contributed by atoms with Crippen LogP contribution in [0.15, 0.2) is 77.4 Å². The molecule has 164 valence electrons. The zero-order chi connectivity index (χ0) is 22.8. The van der Waals surface area contributed by atoms with E-state index < -0.39 is 17.7 Å². The number of aliphatic hydroxyl groups excluding tert-OH is 1. The van der Waals surface area contributed by atoms with Crippen molar-refractivity contribution in [1.29, 1.82) is 0 Å². The van der Waals surface area contributed by atoms with E-state index in [1.54, 1.807) is 32.3 Å². The minimum absolute atomic E-state index is 0.135. The number of ketones is 1. The van der Waals surface area contributed by atoms with Crippen molar-refractivity contribution in [2.75, 3.05) is 12.0 Å². The molecule has 1 aliphatic heterocycles. The summed E-state index contributed by atoms with van der Waals surface area (Å²) in [6.07, 6.45) is 0. The second kappa shape index (κ2) is 9.10. The number of carbonyl (C=O) groups excluding carboxylic acids is 2. The van der Waals surface area contributed by atoms with Crippen molar-refractivity contribution >= 4 is 28.7 Å². The molecule has 0 saturated heterocycles. The molecule has 0 radical (unpaired) electrons. The minimum atomic E-state index is -0.726. The Hall–Kier alpha value is -3.22. The predicted molar refractivity (Wildman–Crippen MR) is 127 cm³/mol. The van der Waals surface area contributed by atoms with Gasteiger partial charge in [0.05, 0.1) is 18.2 Å². The zero-order valence-electron chi connectivity index (χ0n) is 18.2. The summed E-state index contributed by atoms with van der Waals surface area (Å²) in [7, 11) is 1.60. The van der Waals surface area contributed by atoms with Gasteiger partial charge in [0.2, 0.25) is 0 Å². The van der Waals surface area contributed by atoms with Crippen LogP contribution < -0.4 is 4.90 Å². The topological polar surface area (TPSA) is 66.8 Å². The quantitative estimate of drug-likeness (QED) is 0.505. The summed E-state index contributed by atoms with van der Waals surface area (Å²) in [6, 6.07) is 18.5. The molecule has 4 rings (SSSR count). The van der Waals surface area contributed by atoms with E-state index in [2.05, 4.69) is 0 Å². The van der Waals surface area contributed by atoms with Gasteiger partial charge < -0.3 is 9.84 Å². The van der Waals surface area contributed by atoms with Crippen LogP contribution in [-0.4, -0.2) is 23.9 Å². The van der Waals surface area contributed by atoms with Crippen LogP contribution in [0, 0.1) is 5.92 Å². The first kappa shape index (κ1) is 22.0. The van der Waals surface area contributed by atoms with E-state index in [9.17, 15) is 14.7 Å². The molecule has 2 aromatic carbocycles. The van der Waals surface area contributed by atoms with Crippen molar-refractivity contribution < 1.29 is 19.4 Å². The first-order valence-electron chi connectivity index (χ1n) is 10.5. The molecule has 1 aliphatic rings. The predicted octanol–water partition coefficient (Wildman–Crippen LogP) is 5.69. The van der Waals surface area contributed by atoms with Gasteiger partial charge in [-0.25, -0.2) is 0 Å². The average Bonchev–Trinajstić information content (AvgIpc) is 3.42. The van der Waals surface area contributed by atoms with Gasteiger partial charge in [0.1, 0.15) is 0 Å². The Balaban J connectivity index is 1.84. The molecule has 0 saturated carbocycles. The van der Waals surface area contributed by atoms with Crippen molar-refractivity contribution in [2.45, 2.75) is 26.5 Å². The lowest BCUT2D eigenvalue weighted by Crippen LogP contribution is -2.32. The van der Waals surface area contributed by atoms with E-state index in [1.165, 1.54) is 4.90 Å². The highest BCUT2D eigenvalue weighted by molar-refractivity contribution is 7.13. The molecule has 1 atom stereocenters. The monoisotopic (exact) mass is 447 g/mol. The molecule has 1 N–H and O–H groups in total. The molecule has 1 unspecified atom stereocenters. The molecular formula is C26H25NO4S. The molecule has 1 amide bonds. The van der Waals surface area contributed by atoms with Crippen molar-refractivity contribution in [2.24, 2.45) is 5.92 Å². The van der Waals surface area contributed by atoms with Gasteiger partial charge in [0.15, 0.2) is 11.5 Å². The van der Waals surface area contributed by atoms with Crippen LogP contribution in [0.25, 0.3) is 10.4 Å². The van der Waals surface area contributed by atoms with E-state index >= 15 is 0 Å². The standard InChI is InChI=1S/C26H25NO4S/c1-16(2)24(28)22-23(20-8-5-4-7-18(20)15-31-3)27(26(30)25(22)29)19-12-10-17(11-13-19)21-9-6-14-32-21/h4-14,16,23,29H,15H2,1-3H3. The number of benzene rings is 2. The third-order valence-corrected chi connectivity index (χ3v) is 6.52. The van der Waals surface area contributed by atoms with Gasteiger partial charge in [-0.15, -0.1) is 11.3 Å². The minimum Gasteiger partial charge on any atom is -0.503 e. The van der Waals surface area contributed by atoms with Crippen molar-refractivity contribution in [1.82, 2.24) is 0 Å². The molecule has 6 heteroatoms. The Morgan fingerprint density at radius 3 is 2.44 bits per heavy atom. The Morgan fingerprint density at radius 2 is 1.81 bits per heavy atom. The third-order valence-electron chi connectivity index (χ3n) is 5.60. The highest BCUT2D eigenvalue weighted by Crippen LogP contribution is 2.43. The van der Waals surface area contributed by atoms with Crippen LogP contribution in [0.4, 0.5) is 5.69 Å². The maximum absolute atomic E-state index is 13.2. The molecule has 2 heterocycles. The number of anilines is 1. The fourth-order valence-electron chi connectivity index (χ4n) is 4.05. The molecule has 1 aromatic heterocycles. The number of thiophene rings is 1. The van der Waals surface area contributed by atoms with E-state index in [1.807, 2.05) is 66.0 Å². The molecule has 0 spiro atoms. The Bertz CT molecular complexity index is 1160. The van der Waals surface area contributed by atoms with Crippen molar-refractivity contribution in [3.63, 3.8) is 0 Å². The summed E-state index contributed by atoms with van der Waals surface area (Å²) in [6.45, 7) is 3.86. The number of amides is 1. The van der Waals surface area contributed by atoms with Crippen LogP contribution in [0.3, 0.4) is 0 Å². The number of nitrogens with zero attached hydrogens (tertiary/aromatic N) is 1. The van der Waals surface area contributed by atoms with Gasteiger partial charge in [-0.1, -0.05) is 56.3 Å². The fraction of sp³-hybridized carbons (Fsp3) is 0.231. The van der Waals surface area contributed by atoms with Crippen LogP contribution in [0.2, 0.25) is 0 Å². The van der Waals surface area contributed by atoms with E-state index in [0.29, 0.717) is 12.3 Å². The number of carbonyl (C=O) groups is 2. The smallest absolute Gasteiger partial charge is 0.294 e. The molecule has 3 aromatic rings.